The molecule has 0 aliphatic rings. The van der Waals surface area contributed by atoms with Crippen LogP contribution in [-0.4, -0.2) is 41.0 Å². The monoisotopic (exact) mass is 378 g/mol. The normalized spacial score (nSPS) is 14.8. The standard InChI is InChI=1S/C18H42O4Si2/c1-15(2,3)19-23(20-16(4,5)6)13-14-24(21-17(7,8)9)22-18(10,11)12/h23-24H,13-14H2,1-12H3. The molecule has 0 aromatic rings. The molecule has 0 fully saturated rings. The van der Waals surface area contributed by atoms with Crippen LogP contribution in [0.3, 0.4) is 0 Å². The largest absolute Gasteiger partial charge is 0.392 e. The van der Waals surface area contributed by atoms with Crippen molar-refractivity contribution in [2.24, 2.45) is 0 Å². The first kappa shape index (κ1) is 24.3. The van der Waals surface area contributed by atoms with Crippen LogP contribution in [0.2, 0.25) is 12.1 Å². The van der Waals surface area contributed by atoms with Gasteiger partial charge in [0.15, 0.2) is 0 Å². The van der Waals surface area contributed by atoms with E-state index in [0.717, 1.165) is 12.1 Å². The molecule has 0 spiro atoms. The minimum absolute atomic E-state index is 0.186. The average Bonchev–Trinajstić information content (AvgIpc) is 2.16. The Hall–Kier alpha value is 0.274. The van der Waals surface area contributed by atoms with Crippen molar-refractivity contribution >= 4 is 18.6 Å². The highest BCUT2D eigenvalue weighted by atomic mass is 28.3. The highest BCUT2D eigenvalue weighted by Crippen LogP contribution is 2.23. The molecule has 0 rings (SSSR count). The van der Waals surface area contributed by atoms with Gasteiger partial charge < -0.3 is 17.7 Å². The Kier molecular flexibility index (Phi) is 8.88. The van der Waals surface area contributed by atoms with Crippen LogP contribution in [0.1, 0.15) is 83.1 Å². The zero-order valence-electron chi connectivity index (χ0n) is 18.2. The maximum atomic E-state index is 6.25. The first-order valence-electron chi connectivity index (χ1n) is 9.08. The van der Waals surface area contributed by atoms with E-state index in [1.54, 1.807) is 0 Å². The van der Waals surface area contributed by atoms with Gasteiger partial charge in [0.2, 0.25) is 0 Å². The molecule has 0 aliphatic heterocycles. The summed E-state index contributed by atoms with van der Waals surface area (Å²) >= 11 is 0. The molecule has 0 amide bonds. The van der Waals surface area contributed by atoms with Crippen molar-refractivity contribution < 1.29 is 17.7 Å². The van der Waals surface area contributed by atoms with E-state index >= 15 is 0 Å². The summed E-state index contributed by atoms with van der Waals surface area (Å²) in [6.45, 7) is 25.1. The van der Waals surface area contributed by atoms with Gasteiger partial charge in [0.05, 0.1) is 0 Å². The molecule has 0 saturated carbocycles. The molecule has 4 nitrogen and oxygen atoms in total. The fourth-order valence-electron chi connectivity index (χ4n) is 2.13. The fraction of sp³-hybridized carbons (Fsp3) is 1.00. The first-order chi connectivity index (χ1) is 10.4. The van der Waals surface area contributed by atoms with Gasteiger partial charge in [-0.3, -0.25) is 0 Å². The summed E-state index contributed by atoms with van der Waals surface area (Å²) < 4.78 is 25.0. The van der Waals surface area contributed by atoms with Gasteiger partial charge in [-0.25, -0.2) is 0 Å². The van der Waals surface area contributed by atoms with Crippen molar-refractivity contribution in [3.63, 3.8) is 0 Å². The third kappa shape index (κ3) is 15.8. The molecule has 6 heteroatoms. The molecule has 0 radical (unpaired) electrons. The summed E-state index contributed by atoms with van der Waals surface area (Å²) in [6, 6.07) is 1.83. The molecule has 0 unspecified atom stereocenters. The van der Waals surface area contributed by atoms with Crippen molar-refractivity contribution in [2.75, 3.05) is 0 Å². The van der Waals surface area contributed by atoms with Gasteiger partial charge in [-0.15, -0.1) is 0 Å². The van der Waals surface area contributed by atoms with Crippen LogP contribution in [0.5, 0.6) is 0 Å². The minimum Gasteiger partial charge on any atom is -0.392 e. The Morgan fingerprint density at radius 1 is 0.417 bits per heavy atom. The van der Waals surface area contributed by atoms with Crippen LogP contribution in [0, 0.1) is 0 Å². The fourth-order valence-corrected chi connectivity index (χ4v) is 8.03. The lowest BCUT2D eigenvalue weighted by molar-refractivity contribution is 0.0266. The van der Waals surface area contributed by atoms with E-state index in [2.05, 4.69) is 83.1 Å². The van der Waals surface area contributed by atoms with Crippen LogP contribution in [0.15, 0.2) is 0 Å². The van der Waals surface area contributed by atoms with E-state index < -0.39 is 18.6 Å². The second-order valence-electron chi connectivity index (χ2n) is 10.4. The Morgan fingerprint density at radius 3 is 0.708 bits per heavy atom. The van der Waals surface area contributed by atoms with E-state index in [0.29, 0.717) is 0 Å². The van der Waals surface area contributed by atoms with Crippen LogP contribution >= 0.6 is 0 Å². The predicted molar refractivity (Wildman–Crippen MR) is 107 cm³/mol. The second-order valence-corrected chi connectivity index (χ2v) is 14.2. The van der Waals surface area contributed by atoms with E-state index in [-0.39, 0.29) is 22.4 Å². The Bertz CT molecular complexity index is 291. The second kappa shape index (κ2) is 8.78. The molecule has 0 atom stereocenters. The van der Waals surface area contributed by atoms with E-state index in [1.165, 1.54) is 0 Å². The molecule has 0 N–H and O–H groups in total. The molecule has 0 bridgehead atoms. The zero-order valence-corrected chi connectivity index (χ0v) is 20.5. The SMILES string of the molecule is CC(C)(C)O[SiH](CC[SiH](OC(C)(C)C)OC(C)(C)C)OC(C)(C)C. The van der Waals surface area contributed by atoms with Gasteiger partial charge in [-0.1, -0.05) is 0 Å². The number of hydrogen-bond donors (Lipinski definition) is 0. The Morgan fingerprint density at radius 2 is 0.583 bits per heavy atom. The molecule has 0 aromatic carbocycles. The summed E-state index contributed by atoms with van der Waals surface area (Å²) in [5.41, 5.74) is -0.742. The van der Waals surface area contributed by atoms with Crippen molar-refractivity contribution in [3.05, 3.63) is 0 Å². The first-order valence-corrected chi connectivity index (χ1v) is 12.6. The van der Waals surface area contributed by atoms with Gasteiger partial charge >= 0.3 is 18.6 Å². The van der Waals surface area contributed by atoms with Gasteiger partial charge in [0.25, 0.3) is 0 Å². The topological polar surface area (TPSA) is 36.9 Å². The van der Waals surface area contributed by atoms with Crippen LogP contribution in [0.25, 0.3) is 0 Å². The Labute approximate surface area is 154 Å². The molecule has 146 valence electrons. The van der Waals surface area contributed by atoms with Crippen molar-refractivity contribution in [1.82, 2.24) is 0 Å². The van der Waals surface area contributed by atoms with Crippen molar-refractivity contribution in [3.8, 4) is 0 Å². The summed E-state index contributed by atoms with van der Waals surface area (Å²) in [5.74, 6) is 0. The van der Waals surface area contributed by atoms with Crippen LogP contribution in [0.4, 0.5) is 0 Å². The highest BCUT2D eigenvalue weighted by Gasteiger charge is 2.31. The minimum atomic E-state index is -1.80. The molecule has 0 aromatic heterocycles. The van der Waals surface area contributed by atoms with Crippen LogP contribution < -0.4 is 0 Å². The quantitative estimate of drug-likeness (QED) is 0.602. The van der Waals surface area contributed by atoms with Gasteiger partial charge in [-0.2, -0.15) is 0 Å². The van der Waals surface area contributed by atoms with Crippen molar-refractivity contribution in [2.45, 2.75) is 118 Å². The summed E-state index contributed by atoms with van der Waals surface area (Å²) in [7, 11) is -3.60. The third-order valence-corrected chi connectivity index (χ3v) is 8.73. The third-order valence-electron chi connectivity index (χ3n) is 2.58. The molecule has 0 heterocycles. The number of rotatable bonds is 7. The Balaban J connectivity index is 4.94. The number of hydrogen-bond acceptors (Lipinski definition) is 4. The smallest absolute Gasteiger partial charge is 0.322 e. The summed E-state index contributed by atoms with van der Waals surface area (Å²) in [6.07, 6.45) is 0. The molecule has 0 aliphatic carbocycles. The zero-order chi connectivity index (χ0) is 19.4. The maximum absolute atomic E-state index is 6.25. The van der Waals surface area contributed by atoms with Gasteiger partial charge in [-0.05, 0) is 95.2 Å². The van der Waals surface area contributed by atoms with Gasteiger partial charge in [0, 0.05) is 22.4 Å². The van der Waals surface area contributed by atoms with Gasteiger partial charge in [0.1, 0.15) is 0 Å². The van der Waals surface area contributed by atoms with Crippen LogP contribution in [-0.2, 0) is 17.7 Å². The van der Waals surface area contributed by atoms with E-state index in [1.807, 2.05) is 0 Å². The summed E-state index contributed by atoms with van der Waals surface area (Å²) in [5, 5.41) is 0. The van der Waals surface area contributed by atoms with Crippen molar-refractivity contribution in [1.29, 1.82) is 0 Å². The summed E-state index contributed by atoms with van der Waals surface area (Å²) in [4.78, 5) is 0. The lowest BCUT2D eigenvalue weighted by Gasteiger charge is -2.34. The van der Waals surface area contributed by atoms with E-state index in [4.69, 9.17) is 17.7 Å². The molecule has 24 heavy (non-hydrogen) atoms. The molecular weight excluding hydrogens is 336 g/mol. The molecule has 0 saturated heterocycles. The molecular formula is C18H42O4Si2. The maximum Gasteiger partial charge on any atom is 0.322 e. The highest BCUT2D eigenvalue weighted by molar-refractivity contribution is 6.51. The lowest BCUT2D eigenvalue weighted by Crippen LogP contribution is -2.42. The predicted octanol–water partition coefficient (Wildman–Crippen LogP) is 4.69. The van der Waals surface area contributed by atoms with E-state index in [9.17, 15) is 0 Å². The average molecular weight is 379 g/mol. The lowest BCUT2D eigenvalue weighted by atomic mass is 10.2.